The van der Waals surface area contributed by atoms with Gasteiger partial charge in [0.1, 0.15) is 11.5 Å². The molecule has 1 rings (SSSR count). The number of carbonyl (C=O) groups excluding carboxylic acids is 2. The van der Waals surface area contributed by atoms with Crippen LogP contribution in [-0.2, 0) is 14.3 Å². The maximum atomic E-state index is 11.9. The zero-order chi connectivity index (χ0) is 17.2. The highest BCUT2D eigenvalue weighted by atomic mass is 16.5. The predicted molar refractivity (Wildman–Crippen MR) is 85.3 cm³/mol. The molecule has 23 heavy (non-hydrogen) atoms. The van der Waals surface area contributed by atoms with Crippen molar-refractivity contribution in [2.45, 2.75) is 33.3 Å². The molecule has 0 bridgehead atoms. The number of hydrogen-bond donors (Lipinski definition) is 1. The standard InChI is InChI=1S/C17H22N2O4/c1-12(2)22-10-4-9-19-17(21)15(11-18)16(20)8-7-14-6-5-13(3)23-14/h5-8,12,15H,4,9-10H2,1-3H3,(H,19,21)/b8-7+. The van der Waals surface area contributed by atoms with Crippen LogP contribution in [-0.4, -0.2) is 30.9 Å². The molecule has 6 nitrogen and oxygen atoms in total. The Kier molecular flexibility index (Phi) is 7.78. The van der Waals surface area contributed by atoms with Crippen LogP contribution in [0.2, 0.25) is 0 Å². The second-order valence-corrected chi connectivity index (χ2v) is 5.31. The molecule has 0 saturated carbocycles. The van der Waals surface area contributed by atoms with Gasteiger partial charge in [0.2, 0.25) is 5.91 Å². The van der Waals surface area contributed by atoms with E-state index in [1.54, 1.807) is 25.1 Å². The number of furan rings is 1. The number of nitriles is 1. The smallest absolute Gasteiger partial charge is 0.245 e. The van der Waals surface area contributed by atoms with Crippen LogP contribution in [0, 0.1) is 24.2 Å². The van der Waals surface area contributed by atoms with Gasteiger partial charge in [-0.1, -0.05) is 0 Å². The van der Waals surface area contributed by atoms with Crippen molar-refractivity contribution in [2.75, 3.05) is 13.2 Å². The maximum absolute atomic E-state index is 11.9. The molecule has 0 aliphatic rings. The summed E-state index contributed by atoms with van der Waals surface area (Å²) in [5.74, 6) is -1.30. The highest BCUT2D eigenvalue weighted by molar-refractivity contribution is 6.10. The van der Waals surface area contributed by atoms with E-state index in [4.69, 9.17) is 14.4 Å². The molecule has 0 aliphatic carbocycles. The van der Waals surface area contributed by atoms with Crippen LogP contribution in [0.1, 0.15) is 31.8 Å². The summed E-state index contributed by atoms with van der Waals surface area (Å²) in [4.78, 5) is 23.8. The van der Waals surface area contributed by atoms with Crippen LogP contribution in [0.3, 0.4) is 0 Å². The fourth-order valence-corrected chi connectivity index (χ4v) is 1.76. The van der Waals surface area contributed by atoms with Crippen molar-refractivity contribution in [2.24, 2.45) is 5.92 Å². The third kappa shape index (κ3) is 6.94. The van der Waals surface area contributed by atoms with Gasteiger partial charge < -0.3 is 14.5 Å². The number of rotatable bonds is 9. The highest BCUT2D eigenvalue weighted by Gasteiger charge is 2.23. The third-order valence-electron chi connectivity index (χ3n) is 2.92. The van der Waals surface area contributed by atoms with Gasteiger partial charge in [-0.05, 0) is 51.5 Å². The summed E-state index contributed by atoms with van der Waals surface area (Å²) in [6, 6.07) is 5.19. The van der Waals surface area contributed by atoms with E-state index in [1.807, 2.05) is 13.8 Å². The number of nitrogens with one attached hydrogen (secondary N) is 1. The number of ketones is 1. The van der Waals surface area contributed by atoms with Crippen LogP contribution < -0.4 is 5.32 Å². The predicted octanol–water partition coefficient (Wildman–Crippen LogP) is 2.24. The van der Waals surface area contributed by atoms with Crippen molar-refractivity contribution in [3.63, 3.8) is 0 Å². The Bertz CT molecular complexity index is 596. The molecule has 1 amide bonds. The van der Waals surface area contributed by atoms with Crippen molar-refractivity contribution in [1.29, 1.82) is 5.26 Å². The molecular formula is C17H22N2O4. The number of aryl methyl sites for hydroxylation is 1. The number of allylic oxidation sites excluding steroid dienone is 1. The second kappa shape index (κ2) is 9.59. The Labute approximate surface area is 136 Å². The minimum atomic E-state index is -1.35. The van der Waals surface area contributed by atoms with Crippen LogP contribution in [0.25, 0.3) is 6.08 Å². The first-order valence-electron chi connectivity index (χ1n) is 7.51. The van der Waals surface area contributed by atoms with E-state index >= 15 is 0 Å². The Hall–Kier alpha value is -2.39. The van der Waals surface area contributed by atoms with Gasteiger partial charge in [0.05, 0.1) is 12.2 Å². The van der Waals surface area contributed by atoms with Crippen molar-refractivity contribution >= 4 is 17.8 Å². The average molecular weight is 318 g/mol. The minimum absolute atomic E-state index is 0.134. The SMILES string of the molecule is Cc1ccc(/C=C/C(=O)C(C#N)C(=O)NCCCOC(C)C)o1. The lowest BCUT2D eigenvalue weighted by molar-refractivity contribution is -0.129. The molecule has 0 saturated heterocycles. The van der Waals surface area contributed by atoms with Gasteiger partial charge in [-0.25, -0.2) is 0 Å². The summed E-state index contributed by atoms with van der Waals surface area (Å²) in [5, 5.41) is 11.6. The van der Waals surface area contributed by atoms with Gasteiger partial charge >= 0.3 is 0 Å². The molecule has 0 aliphatic heterocycles. The fourth-order valence-electron chi connectivity index (χ4n) is 1.76. The van der Waals surface area contributed by atoms with Gasteiger partial charge in [0.25, 0.3) is 0 Å². The zero-order valence-corrected chi connectivity index (χ0v) is 13.7. The molecule has 1 N–H and O–H groups in total. The monoisotopic (exact) mass is 318 g/mol. The lowest BCUT2D eigenvalue weighted by atomic mass is 10.0. The van der Waals surface area contributed by atoms with E-state index in [9.17, 15) is 9.59 Å². The molecule has 1 aromatic rings. The van der Waals surface area contributed by atoms with Gasteiger partial charge in [0.15, 0.2) is 11.7 Å². The van der Waals surface area contributed by atoms with Crippen molar-refractivity contribution in [1.82, 2.24) is 5.32 Å². The molecule has 124 valence electrons. The third-order valence-corrected chi connectivity index (χ3v) is 2.92. The van der Waals surface area contributed by atoms with E-state index < -0.39 is 17.6 Å². The molecular weight excluding hydrogens is 296 g/mol. The maximum Gasteiger partial charge on any atom is 0.245 e. The van der Waals surface area contributed by atoms with Gasteiger partial charge in [-0.15, -0.1) is 0 Å². The number of hydrogen-bond acceptors (Lipinski definition) is 5. The number of nitrogens with zero attached hydrogens (tertiary/aromatic N) is 1. The molecule has 1 heterocycles. The summed E-state index contributed by atoms with van der Waals surface area (Å²) < 4.78 is 10.6. The van der Waals surface area contributed by atoms with Crippen molar-refractivity contribution in [3.8, 4) is 6.07 Å². The molecule has 1 aromatic heterocycles. The molecule has 0 fully saturated rings. The largest absolute Gasteiger partial charge is 0.462 e. The molecule has 1 atom stereocenters. The van der Waals surface area contributed by atoms with Gasteiger partial charge in [0, 0.05) is 13.2 Å². The Morgan fingerprint density at radius 2 is 2.17 bits per heavy atom. The number of ether oxygens (including phenoxy) is 1. The van der Waals surface area contributed by atoms with Gasteiger partial charge in [-0.2, -0.15) is 5.26 Å². The first kappa shape index (κ1) is 18.7. The molecule has 0 spiro atoms. The lowest BCUT2D eigenvalue weighted by Gasteiger charge is -2.09. The van der Waals surface area contributed by atoms with E-state index in [0.717, 1.165) is 5.76 Å². The van der Waals surface area contributed by atoms with E-state index in [1.165, 1.54) is 12.2 Å². The summed E-state index contributed by atoms with van der Waals surface area (Å²) in [7, 11) is 0. The van der Waals surface area contributed by atoms with Crippen LogP contribution in [0.4, 0.5) is 0 Å². The second-order valence-electron chi connectivity index (χ2n) is 5.31. The highest BCUT2D eigenvalue weighted by Crippen LogP contribution is 2.09. The van der Waals surface area contributed by atoms with E-state index in [-0.39, 0.29) is 6.10 Å². The average Bonchev–Trinajstić information content (AvgIpc) is 2.91. The summed E-state index contributed by atoms with van der Waals surface area (Å²) >= 11 is 0. The molecule has 0 aromatic carbocycles. The summed E-state index contributed by atoms with van der Waals surface area (Å²) in [6.07, 6.45) is 3.39. The molecule has 6 heteroatoms. The number of carbonyl (C=O) groups is 2. The van der Waals surface area contributed by atoms with Crippen LogP contribution in [0.15, 0.2) is 22.6 Å². The Morgan fingerprint density at radius 3 is 2.74 bits per heavy atom. The minimum Gasteiger partial charge on any atom is -0.462 e. The van der Waals surface area contributed by atoms with E-state index in [2.05, 4.69) is 5.32 Å². The molecule has 0 radical (unpaired) electrons. The Morgan fingerprint density at radius 1 is 1.43 bits per heavy atom. The molecule has 1 unspecified atom stereocenters. The quantitative estimate of drug-likeness (QED) is 0.428. The van der Waals surface area contributed by atoms with Crippen LogP contribution in [0.5, 0.6) is 0 Å². The fraction of sp³-hybridized carbons (Fsp3) is 0.471. The van der Waals surface area contributed by atoms with E-state index in [0.29, 0.717) is 25.3 Å². The topological polar surface area (TPSA) is 92.3 Å². The normalized spacial score (nSPS) is 12.3. The first-order chi connectivity index (χ1) is 10.9. The Balaban J connectivity index is 2.45. The number of amides is 1. The first-order valence-corrected chi connectivity index (χ1v) is 7.51. The summed E-state index contributed by atoms with van der Waals surface area (Å²) in [6.45, 7) is 6.51. The zero-order valence-electron chi connectivity index (χ0n) is 13.7. The van der Waals surface area contributed by atoms with Crippen molar-refractivity contribution < 1.29 is 18.7 Å². The van der Waals surface area contributed by atoms with Crippen LogP contribution >= 0.6 is 0 Å². The lowest BCUT2D eigenvalue weighted by Crippen LogP contribution is -2.35. The summed E-state index contributed by atoms with van der Waals surface area (Å²) in [5.41, 5.74) is 0. The van der Waals surface area contributed by atoms with Crippen molar-refractivity contribution in [3.05, 3.63) is 29.7 Å². The van der Waals surface area contributed by atoms with Gasteiger partial charge in [-0.3, -0.25) is 9.59 Å².